The molecule has 1 heterocycles. The van der Waals surface area contributed by atoms with Crippen LogP contribution in [0.1, 0.15) is 31.7 Å². The van der Waals surface area contributed by atoms with E-state index in [0.717, 1.165) is 50.7 Å². The van der Waals surface area contributed by atoms with Crippen LogP contribution in [-0.2, 0) is 6.54 Å². The maximum absolute atomic E-state index is 14.5. The molecule has 138 valence electrons. The van der Waals surface area contributed by atoms with Crippen LogP contribution >= 0.6 is 0 Å². The normalized spacial score (nSPS) is 19.8. The zero-order chi connectivity index (χ0) is 17.6. The van der Waals surface area contributed by atoms with Crippen molar-refractivity contribution in [2.24, 2.45) is 16.6 Å². The lowest BCUT2D eigenvalue weighted by atomic mass is 9.85. The van der Waals surface area contributed by atoms with Crippen LogP contribution in [-0.4, -0.2) is 50.1 Å². The zero-order valence-corrected chi connectivity index (χ0v) is 15.2. The molecule has 0 amide bonds. The Bertz CT molecular complexity index is 591. The number of aliphatic imine (C=N–C) groups is 1. The van der Waals surface area contributed by atoms with Gasteiger partial charge in [-0.25, -0.2) is 9.38 Å². The summed E-state index contributed by atoms with van der Waals surface area (Å²) in [6, 6.07) is 5.41. The standard InChI is InChI=1S/C19H30FN5/c1-2-24-8-10-25(11-9-24)18-7-6-16(12-17(18)20)14-23-19(21)22-13-15-4-3-5-15/h6-7,12,15H,2-5,8-11,13-14H2,1H3,(H3,21,22,23). The fourth-order valence-electron chi connectivity index (χ4n) is 3.39. The SMILES string of the molecule is CCN1CCN(c2ccc(CN=C(N)NCC3CCC3)cc2F)CC1. The minimum atomic E-state index is -0.168. The number of piperazine rings is 1. The van der Waals surface area contributed by atoms with Crippen molar-refractivity contribution in [3.63, 3.8) is 0 Å². The molecule has 1 aromatic carbocycles. The second kappa shape index (κ2) is 8.52. The molecule has 0 radical (unpaired) electrons. The molecule has 0 bridgehead atoms. The number of nitrogens with zero attached hydrogens (tertiary/aromatic N) is 3. The van der Waals surface area contributed by atoms with Gasteiger partial charge in [-0.2, -0.15) is 0 Å². The number of rotatable bonds is 6. The van der Waals surface area contributed by atoms with E-state index in [1.165, 1.54) is 19.3 Å². The molecule has 1 saturated carbocycles. The summed E-state index contributed by atoms with van der Waals surface area (Å²) in [6.45, 7) is 8.26. The van der Waals surface area contributed by atoms with Crippen molar-refractivity contribution in [2.45, 2.75) is 32.7 Å². The summed E-state index contributed by atoms with van der Waals surface area (Å²) in [6.07, 6.45) is 3.88. The Balaban J connectivity index is 1.52. The molecule has 0 spiro atoms. The van der Waals surface area contributed by atoms with Crippen molar-refractivity contribution < 1.29 is 4.39 Å². The predicted octanol–water partition coefficient (Wildman–Crippen LogP) is 2.17. The molecular weight excluding hydrogens is 317 g/mol. The van der Waals surface area contributed by atoms with Gasteiger partial charge in [-0.1, -0.05) is 19.4 Å². The first-order valence-electron chi connectivity index (χ1n) is 9.45. The first kappa shape index (κ1) is 18.0. The maximum Gasteiger partial charge on any atom is 0.188 e. The molecule has 0 unspecified atom stereocenters. The van der Waals surface area contributed by atoms with Crippen molar-refractivity contribution >= 4 is 11.6 Å². The smallest absolute Gasteiger partial charge is 0.188 e. The van der Waals surface area contributed by atoms with Gasteiger partial charge in [0, 0.05) is 32.7 Å². The summed E-state index contributed by atoms with van der Waals surface area (Å²) in [5.41, 5.74) is 7.43. The van der Waals surface area contributed by atoms with Crippen LogP contribution in [0, 0.1) is 11.7 Å². The number of nitrogens with two attached hydrogens (primary N) is 1. The molecule has 1 saturated heterocycles. The monoisotopic (exact) mass is 347 g/mol. The lowest BCUT2D eigenvalue weighted by Crippen LogP contribution is -2.46. The molecule has 1 aliphatic carbocycles. The Morgan fingerprint density at radius 3 is 2.64 bits per heavy atom. The van der Waals surface area contributed by atoms with Crippen LogP contribution in [0.3, 0.4) is 0 Å². The van der Waals surface area contributed by atoms with Gasteiger partial charge in [0.2, 0.25) is 0 Å². The fourth-order valence-corrected chi connectivity index (χ4v) is 3.39. The second-order valence-corrected chi connectivity index (χ2v) is 7.09. The first-order valence-corrected chi connectivity index (χ1v) is 9.45. The fraction of sp³-hybridized carbons (Fsp3) is 0.632. The number of halogens is 1. The van der Waals surface area contributed by atoms with Gasteiger partial charge < -0.3 is 20.9 Å². The molecule has 25 heavy (non-hydrogen) atoms. The third kappa shape index (κ3) is 4.84. The summed E-state index contributed by atoms with van der Waals surface area (Å²) in [7, 11) is 0. The van der Waals surface area contributed by atoms with E-state index in [4.69, 9.17) is 5.73 Å². The van der Waals surface area contributed by atoms with Crippen molar-refractivity contribution in [1.82, 2.24) is 10.2 Å². The topological polar surface area (TPSA) is 56.9 Å². The van der Waals surface area contributed by atoms with Crippen LogP contribution in [0.2, 0.25) is 0 Å². The largest absolute Gasteiger partial charge is 0.370 e. The molecular formula is C19H30FN5. The average Bonchev–Trinajstić information content (AvgIpc) is 2.59. The molecule has 2 fully saturated rings. The predicted molar refractivity (Wildman–Crippen MR) is 101 cm³/mol. The molecule has 2 aliphatic rings. The summed E-state index contributed by atoms with van der Waals surface area (Å²) in [5.74, 6) is 1.02. The van der Waals surface area contributed by atoms with Crippen LogP contribution in [0.15, 0.2) is 23.2 Å². The van der Waals surface area contributed by atoms with Crippen molar-refractivity contribution in [3.8, 4) is 0 Å². The van der Waals surface area contributed by atoms with E-state index in [1.54, 1.807) is 6.07 Å². The Labute approximate surface area is 150 Å². The molecule has 3 rings (SSSR count). The van der Waals surface area contributed by atoms with Gasteiger partial charge in [-0.05, 0) is 43.0 Å². The van der Waals surface area contributed by atoms with Gasteiger partial charge in [-0.15, -0.1) is 0 Å². The van der Waals surface area contributed by atoms with E-state index in [0.29, 0.717) is 18.2 Å². The summed E-state index contributed by atoms with van der Waals surface area (Å²) in [4.78, 5) is 8.84. The Morgan fingerprint density at radius 2 is 2.04 bits per heavy atom. The number of anilines is 1. The van der Waals surface area contributed by atoms with Crippen molar-refractivity contribution in [3.05, 3.63) is 29.6 Å². The third-order valence-electron chi connectivity index (χ3n) is 5.40. The quantitative estimate of drug-likeness (QED) is 0.612. The highest BCUT2D eigenvalue weighted by Gasteiger charge is 2.19. The van der Waals surface area contributed by atoms with Gasteiger partial charge in [-0.3, -0.25) is 0 Å². The second-order valence-electron chi connectivity index (χ2n) is 7.09. The van der Waals surface area contributed by atoms with E-state index >= 15 is 0 Å². The minimum absolute atomic E-state index is 0.168. The van der Waals surface area contributed by atoms with E-state index < -0.39 is 0 Å². The van der Waals surface area contributed by atoms with E-state index in [-0.39, 0.29) is 5.82 Å². The van der Waals surface area contributed by atoms with Crippen LogP contribution in [0.25, 0.3) is 0 Å². The molecule has 0 atom stereocenters. The van der Waals surface area contributed by atoms with Crippen molar-refractivity contribution in [1.29, 1.82) is 0 Å². The van der Waals surface area contributed by atoms with Crippen LogP contribution < -0.4 is 16.0 Å². The number of guanidine groups is 1. The van der Waals surface area contributed by atoms with Gasteiger partial charge in [0.05, 0.1) is 12.2 Å². The number of hydrogen-bond acceptors (Lipinski definition) is 3. The van der Waals surface area contributed by atoms with E-state index in [9.17, 15) is 4.39 Å². The number of benzene rings is 1. The lowest BCUT2D eigenvalue weighted by molar-refractivity contribution is 0.270. The maximum atomic E-state index is 14.5. The van der Waals surface area contributed by atoms with Gasteiger partial charge in [0.15, 0.2) is 5.96 Å². The minimum Gasteiger partial charge on any atom is -0.370 e. The molecule has 6 heteroatoms. The molecule has 0 aromatic heterocycles. The number of nitrogens with one attached hydrogen (secondary N) is 1. The van der Waals surface area contributed by atoms with Crippen molar-refractivity contribution in [2.75, 3.05) is 44.2 Å². The summed E-state index contributed by atoms with van der Waals surface area (Å²) < 4.78 is 14.5. The van der Waals surface area contributed by atoms with Gasteiger partial charge >= 0.3 is 0 Å². The molecule has 1 aromatic rings. The Morgan fingerprint density at radius 1 is 1.28 bits per heavy atom. The summed E-state index contributed by atoms with van der Waals surface area (Å²) >= 11 is 0. The highest BCUT2D eigenvalue weighted by molar-refractivity contribution is 5.77. The Hall–Kier alpha value is -1.82. The molecule has 5 nitrogen and oxygen atoms in total. The summed E-state index contributed by atoms with van der Waals surface area (Å²) in [5, 5.41) is 3.16. The third-order valence-corrected chi connectivity index (χ3v) is 5.40. The molecule has 3 N–H and O–H groups in total. The highest BCUT2D eigenvalue weighted by Crippen LogP contribution is 2.25. The number of hydrogen-bond donors (Lipinski definition) is 2. The van der Waals surface area contributed by atoms with Crippen LogP contribution in [0.5, 0.6) is 0 Å². The number of likely N-dealkylation sites (N-methyl/N-ethyl adjacent to an activating group) is 1. The average molecular weight is 347 g/mol. The van der Waals surface area contributed by atoms with Crippen LogP contribution in [0.4, 0.5) is 10.1 Å². The highest BCUT2D eigenvalue weighted by atomic mass is 19.1. The van der Waals surface area contributed by atoms with E-state index in [2.05, 4.69) is 27.0 Å². The Kier molecular flexibility index (Phi) is 6.13. The van der Waals surface area contributed by atoms with E-state index in [1.807, 2.05) is 12.1 Å². The lowest BCUT2D eigenvalue weighted by Gasteiger charge is -2.35. The first-order chi connectivity index (χ1) is 12.2. The zero-order valence-electron chi connectivity index (χ0n) is 15.2. The van der Waals surface area contributed by atoms with Gasteiger partial charge in [0.1, 0.15) is 5.82 Å². The van der Waals surface area contributed by atoms with Gasteiger partial charge in [0.25, 0.3) is 0 Å². The molecule has 1 aliphatic heterocycles.